The molecule has 1 amide bonds. The van der Waals surface area contributed by atoms with Gasteiger partial charge >= 0.3 is 0 Å². The Balaban J connectivity index is 1.18. The summed E-state index contributed by atoms with van der Waals surface area (Å²) < 4.78 is 0. The van der Waals surface area contributed by atoms with E-state index in [4.69, 9.17) is 0 Å². The number of amides is 1. The molecule has 0 bridgehead atoms. The molecular weight excluding hydrogens is 348 g/mol. The molecule has 1 saturated heterocycles. The number of piperidine rings is 1. The van der Waals surface area contributed by atoms with E-state index in [9.17, 15) is 4.79 Å². The van der Waals surface area contributed by atoms with Crippen LogP contribution in [0.5, 0.6) is 0 Å². The summed E-state index contributed by atoms with van der Waals surface area (Å²) in [6, 6.07) is 18.7. The molecule has 2 heterocycles. The van der Waals surface area contributed by atoms with Crippen LogP contribution in [0.4, 0.5) is 0 Å². The van der Waals surface area contributed by atoms with Gasteiger partial charge in [-0.1, -0.05) is 42.5 Å². The first-order valence-electron chi connectivity index (χ1n) is 10.3. The van der Waals surface area contributed by atoms with Crippen molar-refractivity contribution in [1.82, 2.24) is 20.2 Å². The number of aryl methyl sites for hydroxylation is 1. The van der Waals surface area contributed by atoms with Crippen LogP contribution in [0, 0.1) is 0 Å². The Kier molecular flexibility index (Phi) is 6.02. The van der Waals surface area contributed by atoms with Crippen LogP contribution in [0.1, 0.15) is 36.6 Å². The van der Waals surface area contributed by atoms with E-state index in [-0.39, 0.29) is 5.91 Å². The first kappa shape index (κ1) is 18.7. The lowest BCUT2D eigenvalue weighted by Gasteiger charge is -2.33. The van der Waals surface area contributed by atoms with Gasteiger partial charge in [-0.25, -0.2) is 4.98 Å². The number of nitrogens with zero attached hydrogens (tertiary/aromatic N) is 2. The fourth-order valence-corrected chi connectivity index (χ4v) is 4.05. The quantitative estimate of drug-likeness (QED) is 0.664. The number of nitrogens with one attached hydrogen (secondary N) is 2. The molecular formula is C23H28N4O. The molecule has 1 fully saturated rings. The van der Waals surface area contributed by atoms with Gasteiger partial charge in [0.05, 0.1) is 11.0 Å². The zero-order chi connectivity index (χ0) is 19.2. The van der Waals surface area contributed by atoms with Crippen molar-refractivity contribution >= 4 is 16.9 Å². The van der Waals surface area contributed by atoms with Crippen molar-refractivity contribution in [3.8, 4) is 0 Å². The Morgan fingerprint density at radius 1 is 1.14 bits per heavy atom. The molecule has 1 aromatic heterocycles. The molecule has 28 heavy (non-hydrogen) atoms. The summed E-state index contributed by atoms with van der Waals surface area (Å²) in [7, 11) is 0. The van der Waals surface area contributed by atoms with E-state index in [1.54, 1.807) is 0 Å². The first-order valence-corrected chi connectivity index (χ1v) is 10.3. The number of rotatable bonds is 7. The zero-order valence-electron chi connectivity index (χ0n) is 16.2. The second kappa shape index (κ2) is 9.02. The fourth-order valence-electron chi connectivity index (χ4n) is 4.05. The number of para-hydroxylation sites is 2. The van der Waals surface area contributed by atoms with E-state index in [1.807, 2.05) is 24.3 Å². The summed E-state index contributed by atoms with van der Waals surface area (Å²) in [6.07, 6.45) is 3.58. The lowest BCUT2D eigenvalue weighted by molar-refractivity contribution is -0.121. The van der Waals surface area contributed by atoms with Crippen molar-refractivity contribution in [3.63, 3.8) is 0 Å². The summed E-state index contributed by atoms with van der Waals surface area (Å²) in [6.45, 7) is 3.83. The molecule has 0 radical (unpaired) electrons. The summed E-state index contributed by atoms with van der Waals surface area (Å²) in [5.74, 6) is 1.58. The Morgan fingerprint density at radius 3 is 2.82 bits per heavy atom. The standard InChI is InChI=1S/C23H28N4O/c28-23(13-12-22-25-20-10-4-5-11-21(20)26-22)24-14-16-27-15-6-9-19(17-27)18-7-2-1-3-8-18/h1-5,7-8,10-11,19H,6,9,12-17H2,(H,24,28)(H,25,26)/t19-/m1/s1. The number of H-pyrrole nitrogens is 1. The number of fused-ring (bicyclic) bond motifs is 1. The number of carbonyl (C=O) groups is 1. The molecule has 2 N–H and O–H groups in total. The number of hydrogen-bond acceptors (Lipinski definition) is 3. The van der Waals surface area contributed by atoms with Gasteiger partial charge < -0.3 is 15.2 Å². The minimum atomic E-state index is 0.0945. The van der Waals surface area contributed by atoms with Gasteiger partial charge in [-0.05, 0) is 43.0 Å². The lowest BCUT2D eigenvalue weighted by atomic mass is 9.91. The molecule has 3 aromatic rings. The van der Waals surface area contributed by atoms with Crippen molar-refractivity contribution in [3.05, 3.63) is 66.0 Å². The van der Waals surface area contributed by atoms with Gasteiger partial charge in [0.25, 0.3) is 0 Å². The molecule has 1 aliphatic rings. The SMILES string of the molecule is O=C(CCc1nc2ccccc2[nH]1)NCCN1CCC[C@@H](c2ccccc2)C1. The molecule has 2 aromatic carbocycles. The third-order valence-corrected chi connectivity index (χ3v) is 5.55. The fraction of sp³-hybridized carbons (Fsp3) is 0.391. The Bertz CT molecular complexity index is 872. The summed E-state index contributed by atoms with van der Waals surface area (Å²) in [5.41, 5.74) is 3.41. The Morgan fingerprint density at radius 2 is 1.96 bits per heavy atom. The third kappa shape index (κ3) is 4.78. The predicted molar refractivity (Wildman–Crippen MR) is 112 cm³/mol. The van der Waals surface area contributed by atoms with Crippen molar-refractivity contribution in [2.75, 3.05) is 26.2 Å². The summed E-state index contributed by atoms with van der Waals surface area (Å²) >= 11 is 0. The van der Waals surface area contributed by atoms with Crippen LogP contribution in [-0.2, 0) is 11.2 Å². The summed E-state index contributed by atoms with van der Waals surface area (Å²) in [5, 5.41) is 3.07. The number of benzene rings is 2. The van der Waals surface area contributed by atoms with Crippen LogP contribution in [0.25, 0.3) is 11.0 Å². The van der Waals surface area contributed by atoms with Gasteiger partial charge in [0.15, 0.2) is 0 Å². The normalized spacial score (nSPS) is 17.6. The van der Waals surface area contributed by atoms with Crippen LogP contribution in [-0.4, -0.2) is 47.0 Å². The molecule has 1 aliphatic heterocycles. The number of hydrogen-bond donors (Lipinski definition) is 2. The zero-order valence-corrected chi connectivity index (χ0v) is 16.2. The molecule has 0 spiro atoms. The smallest absolute Gasteiger partial charge is 0.220 e. The molecule has 0 aliphatic carbocycles. The maximum Gasteiger partial charge on any atom is 0.220 e. The number of aromatic nitrogens is 2. The topological polar surface area (TPSA) is 61.0 Å². The van der Waals surface area contributed by atoms with Crippen molar-refractivity contribution in [2.24, 2.45) is 0 Å². The van der Waals surface area contributed by atoms with Crippen LogP contribution in [0.15, 0.2) is 54.6 Å². The second-order valence-corrected chi connectivity index (χ2v) is 7.60. The van der Waals surface area contributed by atoms with Crippen LogP contribution in [0.3, 0.4) is 0 Å². The maximum atomic E-state index is 12.2. The molecule has 146 valence electrons. The van der Waals surface area contributed by atoms with Gasteiger partial charge in [0.2, 0.25) is 5.91 Å². The molecule has 0 saturated carbocycles. The highest BCUT2D eigenvalue weighted by molar-refractivity contribution is 5.77. The minimum absolute atomic E-state index is 0.0945. The van der Waals surface area contributed by atoms with Gasteiger partial charge in [-0.2, -0.15) is 0 Å². The van der Waals surface area contributed by atoms with Crippen LogP contribution in [0.2, 0.25) is 0 Å². The molecule has 4 rings (SSSR count). The highest BCUT2D eigenvalue weighted by atomic mass is 16.1. The number of imidazole rings is 1. The minimum Gasteiger partial charge on any atom is -0.355 e. The van der Waals surface area contributed by atoms with E-state index in [1.165, 1.54) is 18.4 Å². The van der Waals surface area contributed by atoms with E-state index < -0.39 is 0 Å². The predicted octanol–water partition coefficient (Wildman–Crippen LogP) is 3.49. The Labute approximate surface area is 166 Å². The molecule has 0 unspecified atom stereocenters. The third-order valence-electron chi connectivity index (χ3n) is 5.55. The second-order valence-electron chi connectivity index (χ2n) is 7.60. The highest BCUT2D eigenvalue weighted by Gasteiger charge is 2.20. The van der Waals surface area contributed by atoms with Crippen molar-refractivity contribution in [2.45, 2.75) is 31.6 Å². The van der Waals surface area contributed by atoms with E-state index in [0.717, 1.165) is 36.5 Å². The van der Waals surface area contributed by atoms with Gasteiger partial charge in [-0.3, -0.25) is 4.79 Å². The highest BCUT2D eigenvalue weighted by Crippen LogP contribution is 2.26. The average Bonchev–Trinajstić information content (AvgIpc) is 3.16. The number of likely N-dealkylation sites (tertiary alicyclic amines) is 1. The first-order chi connectivity index (χ1) is 13.8. The van der Waals surface area contributed by atoms with Gasteiger partial charge in [-0.15, -0.1) is 0 Å². The lowest BCUT2D eigenvalue weighted by Crippen LogP contribution is -2.40. The van der Waals surface area contributed by atoms with Crippen LogP contribution < -0.4 is 5.32 Å². The van der Waals surface area contributed by atoms with E-state index in [0.29, 0.717) is 25.3 Å². The van der Waals surface area contributed by atoms with E-state index >= 15 is 0 Å². The average molecular weight is 377 g/mol. The maximum absolute atomic E-state index is 12.2. The van der Waals surface area contributed by atoms with Crippen molar-refractivity contribution in [1.29, 1.82) is 0 Å². The largest absolute Gasteiger partial charge is 0.355 e. The Hall–Kier alpha value is -2.66. The molecule has 5 heteroatoms. The molecule has 5 nitrogen and oxygen atoms in total. The number of carbonyl (C=O) groups excluding carboxylic acids is 1. The molecule has 1 atom stereocenters. The monoisotopic (exact) mass is 376 g/mol. The van der Waals surface area contributed by atoms with Crippen molar-refractivity contribution < 1.29 is 4.79 Å². The van der Waals surface area contributed by atoms with Crippen LogP contribution >= 0.6 is 0 Å². The summed E-state index contributed by atoms with van der Waals surface area (Å²) in [4.78, 5) is 22.5. The van der Waals surface area contributed by atoms with Gasteiger partial charge in [0.1, 0.15) is 5.82 Å². The van der Waals surface area contributed by atoms with Gasteiger partial charge in [0, 0.05) is 32.5 Å². The number of aromatic amines is 1. The van der Waals surface area contributed by atoms with E-state index in [2.05, 4.69) is 50.5 Å².